The molecule has 1 radical (unpaired) electrons. The average molecular weight is 818 g/mol. The van der Waals surface area contributed by atoms with E-state index in [1.165, 1.54) is 36.7 Å². The molecule has 7 aromatic rings. The first-order valence-corrected chi connectivity index (χ1v) is 22.0. The van der Waals surface area contributed by atoms with Gasteiger partial charge in [-0.25, -0.2) is 4.39 Å². The van der Waals surface area contributed by atoms with Crippen LogP contribution in [0.4, 0.5) is 4.39 Å². The van der Waals surface area contributed by atoms with Gasteiger partial charge in [0.15, 0.2) is 0 Å². The van der Waals surface area contributed by atoms with E-state index in [-0.39, 0.29) is 25.9 Å². The molecule has 0 atom stereocenters. The van der Waals surface area contributed by atoms with Gasteiger partial charge in [-0.1, -0.05) is 41.8 Å². The largest absolute Gasteiger partial charge is 0 e. The molecular weight excluding hydrogens is 788 g/mol. The predicted molar refractivity (Wildman–Crippen MR) is 178 cm³/mol. The minimum Gasteiger partial charge on any atom is 0 e. The van der Waals surface area contributed by atoms with Crippen LogP contribution in [0.25, 0.3) is 53.8 Å². The molecule has 0 unspecified atom stereocenters. The van der Waals surface area contributed by atoms with Crippen molar-refractivity contribution in [1.82, 2.24) is 9.97 Å². The van der Waals surface area contributed by atoms with Gasteiger partial charge in [-0.3, -0.25) is 0 Å². The molecular formula is C37H29FGeIrN2S-2. The molecule has 2 nitrogen and oxygen atoms in total. The number of nitrogens with zero attached hydrogens (tertiary/aromatic N) is 2. The number of pyridine rings is 2. The Balaban J connectivity index is 0.000000188. The van der Waals surface area contributed by atoms with Crippen molar-refractivity contribution in [2.45, 2.75) is 17.3 Å². The first-order valence-electron chi connectivity index (χ1n) is 13.8. The van der Waals surface area contributed by atoms with Gasteiger partial charge in [0.05, 0.1) is 0 Å². The van der Waals surface area contributed by atoms with E-state index in [0.29, 0.717) is 0 Å². The number of fused-ring (bicyclic) bond motifs is 3. The number of aromatic nitrogens is 2. The molecule has 0 N–H and O–H groups in total. The summed E-state index contributed by atoms with van der Waals surface area (Å²) in [5, 5.41) is 2.44. The second kappa shape index (κ2) is 13.4. The predicted octanol–water partition coefficient (Wildman–Crippen LogP) is 9.81. The van der Waals surface area contributed by atoms with Crippen LogP contribution in [0, 0.1) is 17.9 Å². The number of rotatable bonds is 4. The maximum atomic E-state index is 13.2. The fourth-order valence-electron chi connectivity index (χ4n) is 4.81. The Morgan fingerprint density at radius 3 is 2.16 bits per heavy atom. The molecule has 0 fully saturated rings. The monoisotopic (exact) mass is 819 g/mol. The third kappa shape index (κ3) is 7.03. The van der Waals surface area contributed by atoms with E-state index in [2.05, 4.69) is 75.8 Å². The second-order valence-electron chi connectivity index (χ2n) is 11.1. The molecule has 215 valence electrons. The van der Waals surface area contributed by atoms with Crippen molar-refractivity contribution in [3.63, 3.8) is 0 Å². The van der Waals surface area contributed by atoms with Gasteiger partial charge in [-0.15, -0.1) is 23.8 Å². The van der Waals surface area contributed by atoms with E-state index in [4.69, 9.17) is 0 Å². The SMILES string of the molecule is Fc1ccc(-c2ccc3c(c2)sc2c(-c4ccccn4)[c-]ccc23)cc1.[CH3][Ge]([CH3])([CH3])[c]1ccc(-c2[c-]cccc2)nc1.[Ir]. The Labute approximate surface area is 272 Å². The van der Waals surface area contributed by atoms with Gasteiger partial charge in [0, 0.05) is 31.0 Å². The Bertz CT molecular complexity index is 1950. The summed E-state index contributed by atoms with van der Waals surface area (Å²) < 4.78 is 17.0. The summed E-state index contributed by atoms with van der Waals surface area (Å²) in [4.78, 5) is 9.01. The van der Waals surface area contributed by atoms with E-state index in [1.807, 2.05) is 73.1 Å². The maximum absolute atomic E-state index is 13.2. The van der Waals surface area contributed by atoms with Crippen LogP contribution in [0.5, 0.6) is 0 Å². The maximum Gasteiger partial charge on any atom is 0 e. The van der Waals surface area contributed by atoms with Gasteiger partial charge in [0.2, 0.25) is 0 Å². The molecule has 0 aliphatic rings. The van der Waals surface area contributed by atoms with Crippen LogP contribution in [-0.2, 0) is 20.1 Å². The van der Waals surface area contributed by atoms with E-state index in [1.54, 1.807) is 11.3 Å². The Hall–Kier alpha value is -3.48. The number of halogens is 1. The van der Waals surface area contributed by atoms with Gasteiger partial charge in [0.1, 0.15) is 5.82 Å². The third-order valence-electron chi connectivity index (χ3n) is 7.15. The van der Waals surface area contributed by atoms with E-state index < -0.39 is 13.3 Å². The Kier molecular flexibility index (Phi) is 9.68. The summed E-state index contributed by atoms with van der Waals surface area (Å²) in [7, 11) is 0. The van der Waals surface area contributed by atoms with Crippen molar-refractivity contribution in [2.24, 2.45) is 0 Å². The quantitative estimate of drug-likeness (QED) is 0.131. The zero-order valence-electron chi connectivity index (χ0n) is 24.1. The van der Waals surface area contributed by atoms with Crippen LogP contribution >= 0.6 is 11.3 Å². The Morgan fingerprint density at radius 1 is 0.698 bits per heavy atom. The van der Waals surface area contributed by atoms with Crippen molar-refractivity contribution in [3.8, 4) is 33.6 Å². The van der Waals surface area contributed by atoms with Crippen LogP contribution < -0.4 is 4.40 Å². The molecule has 0 aliphatic carbocycles. The molecule has 0 saturated carbocycles. The molecule has 0 aliphatic heterocycles. The molecule has 3 heterocycles. The van der Waals surface area contributed by atoms with Crippen LogP contribution in [0.15, 0.2) is 122 Å². The summed E-state index contributed by atoms with van der Waals surface area (Å²) in [5.74, 6) is 6.93. The summed E-state index contributed by atoms with van der Waals surface area (Å²) in [6.45, 7) is 0. The number of hydrogen-bond donors (Lipinski definition) is 0. The second-order valence-corrected chi connectivity index (χ2v) is 22.8. The van der Waals surface area contributed by atoms with Crippen LogP contribution in [0.2, 0.25) is 17.3 Å². The molecule has 0 saturated heterocycles. The fourth-order valence-corrected chi connectivity index (χ4v) is 8.23. The van der Waals surface area contributed by atoms with Crippen LogP contribution in [0.1, 0.15) is 0 Å². The van der Waals surface area contributed by atoms with Gasteiger partial charge in [-0.2, -0.15) is 11.3 Å². The van der Waals surface area contributed by atoms with E-state index in [9.17, 15) is 4.39 Å². The molecule has 43 heavy (non-hydrogen) atoms. The summed E-state index contributed by atoms with van der Waals surface area (Å²) in [6.07, 6.45) is 3.85. The first kappa shape index (κ1) is 31.0. The molecule has 0 amide bonds. The molecule has 3 aromatic heterocycles. The van der Waals surface area contributed by atoms with Crippen molar-refractivity contribution < 1.29 is 24.5 Å². The molecule has 0 spiro atoms. The van der Waals surface area contributed by atoms with Crippen LogP contribution in [0.3, 0.4) is 0 Å². The van der Waals surface area contributed by atoms with Crippen molar-refractivity contribution >= 4 is 49.2 Å². The van der Waals surface area contributed by atoms with E-state index in [0.717, 1.165) is 33.6 Å². The average Bonchev–Trinajstić information content (AvgIpc) is 3.40. The number of thiophene rings is 1. The molecule has 7 rings (SSSR count). The first-order chi connectivity index (χ1) is 20.4. The Morgan fingerprint density at radius 2 is 1.49 bits per heavy atom. The van der Waals surface area contributed by atoms with Crippen molar-refractivity contribution in [1.29, 1.82) is 0 Å². The third-order valence-corrected chi connectivity index (χ3v) is 12.6. The fraction of sp³-hybridized carbons (Fsp3) is 0.0811. The zero-order valence-corrected chi connectivity index (χ0v) is 29.4. The van der Waals surface area contributed by atoms with Crippen LogP contribution in [-0.4, -0.2) is 23.2 Å². The molecule has 0 bridgehead atoms. The molecule has 4 aromatic carbocycles. The summed E-state index contributed by atoms with van der Waals surface area (Å²) >= 11 is 0.0339. The van der Waals surface area contributed by atoms with E-state index >= 15 is 0 Å². The minimum absolute atomic E-state index is 0. The zero-order chi connectivity index (χ0) is 29.1. The standard InChI is InChI=1S/C23H13FNS.C14H16GeN.Ir/c24-17-10-7-15(8-11-17)16-9-12-18-19-4-3-5-20(21-6-1-2-13-25-21)23(19)26-22(18)14-16;1-15(2,3)13-9-10-14(16-11-13)12-7-5-4-6-8-12;/h1-4,6-14H;4-7,9-11H,1-3H3;/q2*-1;. The van der Waals surface area contributed by atoms with Crippen molar-refractivity contribution in [2.75, 3.05) is 0 Å². The number of hydrogen-bond acceptors (Lipinski definition) is 3. The number of benzene rings is 4. The molecule has 6 heteroatoms. The minimum atomic E-state index is -1.72. The van der Waals surface area contributed by atoms with Gasteiger partial charge in [0.25, 0.3) is 0 Å². The summed E-state index contributed by atoms with van der Waals surface area (Å²) in [5.41, 5.74) is 6.15. The smallest absolute Gasteiger partial charge is 0 e. The topological polar surface area (TPSA) is 25.8 Å². The van der Waals surface area contributed by atoms with Gasteiger partial charge in [-0.05, 0) is 51.2 Å². The van der Waals surface area contributed by atoms with Gasteiger partial charge < -0.3 is 4.98 Å². The normalized spacial score (nSPS) is 11.1. The summed E-state index contributed by atoms with van der Waals surface area (Å²) in [6, 6.07) is 41.9. The van der Waals surface area contributed by atoms with Crippen molar-refractivity contribution in [3.05, 3.63) is 140 Å². The van der Waals surface area contributed by atoms with Gasteiger partial charge >= 0.3 is 99.8 Å².